The molecule has 1 N–H and O–H groups in total. The van der Waals surface area contributed by atoms with Gasteiger partial charge in [0.2, 0.25) is 0 Å². The van der Waals surface area contributed by atoms with Gasteiger partial charge < -0.3 is 0 Å². The van der Waals surface area contributed by atoms with Gasteiger partial charge in [-0.15, -0.1) is 0 Å². The fourth-order valence-corrected chi connectivity index (χ4v) is 1.72. The molecule has 0 atom stereocenters. The minimum atomic E-state index is -0.164. The maximum absolute atomic E-state index is 11.3. The van der Waals surface area contributed by atoms with Crippen LogP contribution in [0.4, 0.5) is 0 Å². The molecular weight excluding hydrogens is 234 g/mol. The lowest BCUT2D eigenvalue weighted by molar-refractivity contribution is 0.809. The average molecular weight is 242 g/mol. The van der Waals surface area contributed by atoms with Gasteiger partial charge >= 0.3 is 0 Å². The minimum Gasteiger partial charge on any atom is -0.298 e. The highest BCUT2D eigenvalue weighted by atomic mass is 79.9. The second-order valence-corrected chi connectivity index (χ2v) is 3.65. The summed E-state index contributed by atoms with van der Waals surface area (Å²) in [5.41, 5.74) is 0.460. The average Bonchev–Trinajstić information content (AvgIpc) is 2.48. The third-order valence-electron chi connectivity index (χ3n) is 1.90. The first-order valence-corrected chi connectivity index (χ1v) is 4.77. The van der Waals surface area contributed by atoms with E-state index in [1.165, 1.54) is 0 Å². The van der Waals surface area contributed by atoms with Gasteiger partial charge in [-0.2, -0.15) is 5.10 Å². The second-order valence-electron chi connectivity index (χ2n) is 2.74. The van der Waals surface area contributed by atoms with Crippen LogP contribution in [0.5, 0.6) is 0 Å². The fourth-order valence-electron chi connectivity index (χ4n) is 1.29. The first kappa shape index (κ1) is 8.50. The number of nitrogens with zero attached hydrogens (tertiary/aromatic N) is 2. The largest absolute Gasteiger partial charge is 0.298 e. The molecule has 2 heterocycles. The Hall–Kier alpha value is -1.10. The van der Waals surface area contributed by atoms with Crippen molar-refractivity contribution in [3.05, 3.63) is 32.9 Å². The van der Waals surface area contributed by atoms with E-state index in [0.29, 0.717) is 5.52 Å². The standard InChI is InChI=1S/C8H8BrN3O/c1-2-7-10-11-8(13)6-3-5(9)4-12(6)7/h3-4H,2H2,1H3,(H,11,13). The predicted molar refractivity (Wildman–Crippen MR) is 52.9 cm³/mol. The summed E-state index contributed by atoms with van der Waals surface area (Å²) in [6, 6.07) is 1.78. The van der Waals surface area contributed by atoms with E-state index in [2.05, 4.69) is 26.1 Å². The van der Waals surface area contributed by atoms with E-state index < -0.39 is 0 Å². The number of hydrogen-bond acceptors (Lipinski definition) is 2. The van der Waals surface area contributed by atoms with E-state index in [-0.39, 0.29) is 5.56 Å². The first-order valence-electron chi connectivity index (χ1n) is 3.97. The number of hydrogen-bond donors (Lipinski definition) is 1. The Morgan fingerprint density at radius 1 is 1.69 bits per heavy atom. The molecule has 2 aromatic rings. The Morgan fingerprint density at radius 2 is 2.46 bits per heavy atom. The molecular formula is C8H8BrN3O. The molecule has 0 spiro atoms. The lowest BCUT2D eigenvalue weighted by Crippen LogP contribution is -2.14. The summed E-state index contributed by atoms with van der Waals surface area (Å²) < 4.78 is 2.68. The number of fused-ring (bicyclic) bond motifs is 1. The highest BCUT2D eigenvalue weighted by Crippen LogP contribution is 2.13. The number of rotatable bonds is 1. The van der Waals surface area contributed by atoms with Gasteiger partial charge in [0.05, 0.1) is 0 Å². The quantitative estimate of drug-likeness (QED) is 0.820. The summed E-state index contributed by atoms with van der Waals surface area (Å²) in [4.78, 5) is 11.3. The van der Waals surface area contributed by atoms with Crippen LogP contribution in [0.3, 0.4) is 0 Å². The van der Waals surface area contributed by atoms with Gasteiger partial charge in [-0.1, -0.05) is 6.92 Å². The summed E-state index contributed by atoms with van der Waals surface area (Å²) >= 11 is 3.32. The van der Waals surface area contributed by atoms with Crippen LogP contribution in [0, 0.1) is 0 Å². The molecule has 0 bridgehead atoms. The normalized spacial score (nSPS) is 10.9. The molecule has 2 rings (SSSR count). The van der Waals surface area contributed by atoms with Crippen molar-refractivity contribution in [2.45, 2.75) is 13.3 Å². The van der Waals surface area contributed by atoms with Crippen LogP contribution in [-0.4, -0.2) is 14.6 Å². The molecule has 0 amide bonds. The molecule has 68 valence electrons. The van der Waals surface area contributed by atoms with Gasteiger partial charge in [0.15, 0.2) is 0 Å². The van der Waals surface area contributed by atoms with E-state index in [1.807, 2.05) is 13.1 Å². The molecule has 0 aliphatic heterocycles. The summed E-state index contributed by atoms with van der Waals surface area (Å²) in [6.07, 6.45) is 2.63. The lowest BCUT2D eigenvalue weighted by atomic mass is 10.4. The molecule has 0 aliphatic rings. The molecule has 0 aromatic carbocycles. The highest BCUT2D eigenvalue weighted by Gasteiger charge is 2.05. The van der Waals surface area contributed by atoms with Crippen LogP contribution in [0.25, 0.3) is 5.52 Å². The van der Waals surface area contributed by atoms with Crippen LogP contribution in [0.1, 0.15) is 12.7 Å². The maximum atomic E-state index is 11.3. The van der Waals surface area contributed by atoms with Crippen LogP contribution in [0.2, 0.25) is 0 Å². The van der Waals surface area contributed by atoms with Crippen molar-refractivity contribution in [2.75, 3.05) is 0 Å². The number of H-pyrrole nitrogens is 1. The number of aromatic amines is 1. The molecule has 0 unspecified atom stereocenters. The SMILES string of the molecule is CCc1n[nH]c(=O)c2cc(Br)cn12. The Morgan fingerprint density at radius 3 is 3.15 bits per heavy atom. The Labute approximate surface area is 82.7 Å². The van der Waals surface area contributed by atoms with E-state index in [0.717, 1.165) is 16.7 Å². The van der Waals surface area contributed by atoms with Gasteiger partial charge in [0, 0.05) is 17.1 Å². The maximum Gasteiger partial charge on any atom is 0.288 e. The van der Waals surface area contributed by atoms with Gasteiger partial charge in [-0.05, 0) is 22.0 Å². The second kappa shape index (κ2) is 2.99. The van der Waals surface area contributed by atoms with Gasteiger partial charge in [0.1, 0.15) is 11.3 Å². The zero-order valence-electron chi connectivity index (χ0n) is 7.04. The van der Waals surface area contributed by atoms with E-state index in [1.54, 1.807) is 10.5 Å². The molecule has 0 aliphatic carbocycles. The summed E-state index contributed by atoms with van der Waals surface area (Å²) in [5, 5.41) is 6.40. The number of nitrogens with one attached hydrogen (secondary N) is 1. The molecule has 13 heavy (non-hydrogen) atoms. The molecule has 0 saturated heterocycles. The smallest absolute Gasteiger partial charge is 0.288 e. The minimum absolute atomic E-state index is 0.164. The topological polar surface area (TPSA) is 50.2 Å². The van der Waals surface area contributed by atoms with Gasteiger partial charge in [-0.25, -0.2) is 5.10 Å². The van der Waals surface area contributed by atoms with E-state index in [4.69, 9.17) is 0 Å². The van der Waals surface area contributed by atoms with E-state index in [9.17, 15) is 4.79 Å². The van der Waals surface area contributed by atoms with Crippen LogP contribution in [0.15, 0.2) is 21.5 Å². The van der Waals surface area contributed by atoms with Crippen molar-refractivity contribution >= 4 is 21.4 Å². The molecule has 4 nitrogen and oxygen atoms in total. The number of aromatic nitrogens is 3. The van der Waals surface area contributed by atoms with Gasteiger partial charge in [0.25, 0.3) is 5.56 Å². The zero-order valence-corrected chi connectivity index (χ0v) is 8.63. The summed E-state index contributed by atoms with van der Waals surface area (Å²) in [7, 11) is 0. The fraction of sp³-hybridized carbons (Fsp3) is 0.250. The van der Waals surface area contributed by atoms with Crippen molar-refractivity contribution in [1.29, 1.82) is 0 Å². The molecule has 0 radical (unpaired) electrons. The van der Waals surface area contributed by atoms with Crippen molar-refractivity contribution in [3.63, 3.8) is 0 Å². The van der Waals surface area contributed by atoms with Crippen LogP contribution in [-0.2, 0) is 6.42 Å². The monoisotopic (exact) mass is 241 g/mol. The molecule has 5 heteroatoms. The summed E-state index contributed by atoms with van der Waals surface area (Å²) in [6.45, 7) is 1.99. The van der Waals surface area contributed by atoms with Crippen molar-refractivity contribution in [1.82, 2.24) is 14.6 Å². The van der Waals surface area contributed by atoms with Crippen LogP contribution < -0.4 is 5.56 Å². The summed E-state index contributed by atoms with van der Waals surface area (Å²) in [5.74, 6) is 0.848. The molecule has 2 aromatic heterocycles. The Bertz CT molecular complexity index is 500. The third-order valence-corrected chi connectivity index (χ3v) is 2.33. The predicted octanol–water partition coefficient (Wildman–Crippen LogP) is 1.35. The van der Waals surface area contributed by atoms with Crippen LogP contribution >= 0.6 is 15.9 Å². The Balaban J connectivity index is 2.92. The molecule has 0 saturated carbocycles. The Kier molecular flexibility index (Phi) is 1.95. The first-order chi connectivity index (χ1) is 6.22. The number of halogens is 1. The zero-order chi connectivity index (χ0) is 9.42. The number of aryl methyl sites for hydroxylation is 1. The van der Waals surface area contributed by atoms with Gasteiger partial charge in [-0.3, -0.25) is 9.20 Å². The third kappa shape index (κ3) is 1.29. The van der Waals surface area contributed by atoms with Crippen molar-refractivity contribution < 1.29 is 0 Å². The lowest BCUT2D eigenvalue weighted by Gasteiger charge is -1.99. The highest BCUT2D eigenvalue weighted by molar-refractivity contribution is 9.10. The van der Waals surface area contributed by atoms with Crippen molar-refractivity contribution in [2.24, 2.45) is 0 Å². The molecule has 0 fully saturated rings. The van der Waals surface area contributed by atoms with Crippen molar-refractivity contribution in [3.8, 4) is 0 Å². The van der Waals surface area contributed by atoms with E-state index >= 15 is 0 Å².